The number of hydrogen-bond donors (Lipinski definition) is 1. The van der Waals surface area contributed by atoms with E-state index in [9.17, 15) is 18.0 Å². The van der Waals surface area contributed by atoms with E-state index in [0.29, 0.717) is 17.2 Å². The van der Waals surface area contributed by atoms with Gasteiger partial charge in [0, 0.05) is 11.9 Å². The van der Waals surface area contributed by atoms with E-state index in [1.807, 2.05) is 30.3 Å². The molecule has 158 valence electrons. The van der Waals surface area contributed by atoms with Crippen LogP contribution in [0.2, 0.25) is 5.02 Å². The molecule has 2 aromatic carbocycles. The summed E-state index contributed by atoms with van der Waals surface area (Å²) in [6.07, 6.45) is -3.80. The Kier molecular flexibility index (Phi) is 5.32. The Bertz CT molecular complexity index is 1250. The first-order chi connectivity index (χ1) is 14.7. The number of hydrogen-bond acceptors (Lipinski definition) is 3. The molecule has 31 heavy (non-hydrogen) atoms. The van der Waals surface area contributed by atoms with Gasteiger partial charge in [0.15, 0.2) is 5.65 Å². The van der Waals surface area contributed by atoms with E-state index < -0.39 is 17.6 Å². The van der Waals surface area contributed by atoms with Gasteiger partial charge >= 0.3 is 6.18 Å². The standard InChI is InChI=1S/C22H15ClF3N3O2/c1-13-19(29-12-14(22(24,25)26)11-18(23)20(29)27-13)21(30)28-15-7-9-17(10-8-15)31-16-5-3-2-4-6-16/h2-12H,1H3,(H,28,30). The number of nitrogens with zero attached hydrogens (tertiary/aromatic N) is 2. The maximum atomic E-state index is 13.2. The van der Waals surface area contributed by atoms with Crippen LogP contribution < -0.4 is 10.1 Å². The number of anilines is 1. The molecule has 0 fully saturated rings. The van der Waals surface area contributed by atoms with Crippen LogP contribution >= 0.6 is 11.6 Å². The third-order valence-electron chi connectivity index (χ3n) is 4.48. The summed E-state index contributed by atoms with van der Waals surface area (Å²) in [4.78, 5) is 17.0. The number of rotatable bonds is 4. The van der Waals surface area contributed by atoms with Crippen LogP contribution in [0.5, 0.6) is 11.5 Å². The lowest BCUT2D eigenvalue weighted by atomic mass is 10.2. The summed E-state index contributed by atoms with van der Waals surface area (Å²) in [7, 11) is 0. The summed E-state index contributed by atoms with van der Waals surface area (Å²) >= 11 is 5.97. The zero-order valence-corrected chi connectivity index (χ0v) is 16.8. The highest BCUT2D eigenvalue weighted by molar-refractivity contribution is 6.33. The molecule has 0 aliphatic carbocycles. The Hall–Kier alpha value is -3.52. The van der Waals surface area contributed by atoms with Gasteiger partial charge in [-0.1, -0.05) is 29.8 Å². The smallest absolute Gasteiger partial charge is 0.417 e. The molecule has 4 rings (SSSR count). The van der Waals surface area contributed by atoms with Crippen molar-refractivity contribution in [2.24, 2.45) is 0 Å². The van der Waals surface area contributed by atoms with E-state index in [-0.39, 0.29) is 22.1 Å². The first-order valence-electron chi connectivity index (χ1n) is 9.12. The average molecular weight is 446 g/mol. The summed E-state index contributed by atoms with van der Waals surface area (Å²) < 4.78 is 46.3. The largest absolute Gasteiger partial charge is 0.457 e. The number of amides is 1. The van der Waals surface area contributed by atoms with E-state index >= 15 is 0 Å². The van der Waals surface area contributed by atoms with E-state index in [0.717, 1.165) is 16.7 Å². The molecule has 0 saturated heterocycles. The molecule has 0 unspecified atom stereocenters. The average Bonchev–Trinajstić information content (AvgIpc) is 3.06. The Morgan fingerprint density at radius 1 is 1.06 bits per heavy atom. The predicted molar refractivity (Wildman–Crippen MR) is 111 cm³/mol. The topological polar surface area (TPSA) is 55.6 Å². The summed E-state index contributed by atoms with van der Waals surface area (Å²) in [6, 6.07) is 16.6. The summed E-state index contributed by atoms with van der Waals surface area (Å²) in [6.45, 7) is 1.53. The van der Waals surface area contributed by atoms with Gasteiger partial charge in [0.1, 0.15) is 17.2 Å². The lowest BCUT2D eigenvalue weighted by molar-refractivity contribution is -0.137. The van der Waals surface area contributed by atoms with E-state index in [1.54, 1.807) is 24.3 Å². The van der Waals surface area contributed by atoms with Gasteiger partial charge in [-0.05, 0) is 49.4 Å². The molecule has 1 N–H and O–H groups in total. The number of aryl methyl sites for hydroxylation is 1. The molecule has 4 aromatic rings. The van der Waals surface area contributed by atoms with Gasteiger partial charge in [-0.15, -0.1) is 0 Å². The summed E-state index contributed by atoms with van der Waals surface area (Å²) in [5, 5.41) is 2.47. The van der Waals surface area contributed by atoms with Gasteiger partial charge in [-0.3, -0.25) is 9.20 Å². The number of para-hydroxylation sites is 1. The van der Waals surface area contributed by atoms with Crippen LogP contribution in [0, 0.1) is 6.92 Å². The fourth-order valence-electron chi connectivity index (χ4n) is 3.07. The second kappa shape index (κ2) is 7.96. The lowest BCUT2D eigenvalue weighted by Crippen LogP contribution is -2.16. The van der Waals surface area contributed by atoms with Crippen molar-refractivity contribution in [3.05, 3.63) is 88.8 Å². The highest BCUT2D eigenvalue weighted by Crippen LogP contribution is 2.33. The molecule has 0 radical (unpaired) electrons. The number of pyridine rings is 1. The molecule has 0 aliphatic heterocycles. The molecular formula is C22H15ClF3N3O2. The first kappa shape index (κ1) is 20.7. The van der Waals surface area contributed by atoms with Crippen LogP contribution in [0.4, 0.5) is 18.9 Å². The zero-order valence-electron chi connectivity index (χ0n) is 16.1. The van der Waals surface area contributed by atoms with Crippen molar-refractivity contribution in [2.75, 3.05) is 5.32 Å². The fourth-order valence-corrected chi connectivity index (χ4v) is 3.32. The van der Waals surface area contributed by atoms with Gasteiger partial charge < -0.3 is 10.1 Å². The lowest BCUT2D eigenvalue weighted by Gasteiger charge is -2.11. The van der Waals surface area contributed by atoms with Crippen molar-refractivity contribution in [3.8, 4) is 11.5 Å². The van der Waals surface area contributed by atoms with E-state index in [4.69, 9.17) is 16.3 Å². The summed E-state index contributed by atoms with van der Waals surface area (Å²) in [5.74, 6) is 0.617. The second-order valence-electron chi connectivity index (χ2n) is 6.71. The van der Waals surface area contributed by atoms with Crippen LogP contribution in [0.25, 0.3) is 5.65 Å². The van der Waals surface area contributed by atoms with Crippen molar-refractivity contribution < 1.29 is 22.7 Å². The molecule has 9 heteroatoms. The Morgan fingerprint density at radius 3 is 2.35 bits per heavy atom. The molecule has 1 amide bonds. The molecule has 0 spiro atoms. The quantitative estimate of drug-likeness (QED) is 0.397. The maximum absolute atomic E-state index is 13.2. The number of benzene rings is 2. The Balaban J connectivity index is 1.60. The number of carbonyl (C=O) groups is 1. The van der Waals surface area contributed by atoms with Crippen LogP contribution in [0.1, 0.15) is 21.7 Å². The van der Waals surface area contributed by atoms with Gasteiger partial charge in [-0.2, -0.15) is 13.2 Å². The molecule has 2 heterocycles. The third-order valence-corrected chi connectivity index (χ3v) is 4.76. The molecule has 2 aromatic heterocycles. The number of ether oxygens (including phenoxy) is 1. The normalized spacial score (nSPS) is 11.5. The second-order valence-corrected chi connectivity index (χ2v) is 7.11. The van der Waals surface area contributed by atoms with E-state index in [2.05, 4.69) is 10.3 Å². The van der Waals surface area contributed by atoms with Crippen LogP contribution in [0.3, 0.4) is 0 Å². The number of halogens is 4. The van der Waals surface area contributed by atoms with Crippen LogP contribution in [0.15, 0.2) is 66.9 Å². The molecule has 0 saturated carbocycles. The predicted octanol–water partition coefficient (Wildman–Crippen LogP) is 6.36. The van der Waals surface area contributed by atoms with Crippen LogP contribution in [-0.4, -0.2) is 15.3 Å². The molecule has 0 atom stereocenters. The minimum atomic E-state index is -4.61. The number of fused-ring (bicyclic) bond motifs is 1. The maximum Gasteiger partial charge on any atom is 0.417 e. The summed E-state index contributed by atoms with van der Waals surface area (Å²) in [5.41, 5.74) is -0.240. The molecule has 0 aliphatic rings. The minimum absolute atomic E-state index is 0.0346. The monoisotopic (exact) mass is 445 g/mol. The zero-order chi connectivity index (χ0) is 22.2. The van der Waals surface area contributed by atoms with Crippen molar-refractivity contribution in [1.29, 1.82) is 0 Å². The van der Waals surface area contributed by atoms with Crippen molar-refractivity contribution >= 4 is 28.8 Å². The highest BCUT2D eigenvalue weighted by atomic mass is 35.5. The highest BCUT2D eigenvalue weighted by Gasteiger charge is 2.33. The molecule has 0 bridgehead atoms. The number of carbonyl (C=O) groups excluding carboxylic acids is 1. The number of nitrogens with one attached hydrogen (secondary N) is 1. The SMILES string of the molecule is Cc1nc2c(Cl)cc(C(F)(F)F)cn2c1C(=O)Nc1ccc(Oc2ccccc2)cc1. The number of alkyl halides is 3. The third kappa shape index (κ3) is 4.34. The van der Waals surface area contributed by atoms with Crippen molar-refractivity contribution in [1.82, 2.24) is 9.38 Å². The van der Waals surface area contributed by atoms with Gasteiger partial charge in [0.2, 0.25) is 0 Å². The van der Waals surface area contributed by atoms with Crippen molar-refractivity contribution in [2.45, 2.75) is 13.1 Å². The Labute approximate surface area is 180 Å². The molecular weight excluding hydrogens is 431 g/mol. The Morgan fingerprint density at radius 2 is 1.71 bits per heavy atom. The fraction of sp³-hybridized carbons (Fsp3) is 0.0909. The first-order valence-corrected chi connectivity index (χ1v) is 9.50. The van der Waals surface area contributed by atoms with Crippen molar-refractivity contribution in [3.63, 3.8) is 0 Å². The van der Waals surface area contributed by atoms with Gasteiger partial charge in [-0.25, -0.2) is 4.98 Å². The van der Waals surface area contributed by atoms with Crippen LogP contribution in [-0.2, 0) is 6.18 Å². The van der Waals surface area contributed by atoms with E-state index in [1.165, 1.54) is 6.92 Å². The minimum Gasteiger partial charge on any atom is -0.457 e. The molecule has 5 nitrogen and oxygen atoms in total. The van der Waals surface area contributed by atoms with Gasteiger partial charge in [0.05, 0.1) is 16.3 Å². The number of aromatic nitrogens is 2. The number of imidazole rings is 1. The van der Waals surface area contributed by atoms with Gasteiger partial charge in [0.25, 0.3) is 5.91 Å².